The molecule has 1 aromatic carbocycles. The Balaban J connectivity index is 2.92. The SMILES string of the molecule is O=C(O)c1cc(C=CCCCl)ccc1Br. The van der Waals surface area contributed by atoms with Gasteiger partial charge >= 0.3 is 5.97 Å². The van der Waals surface area contributed by atoms with Crippen molar-refractivity contribution in [3.05, 3.63) is 39.9 Å². The van der Waals surface area contributed by atoms with Crippen LogP contribution in [0.3, 0.4) is 0 Å². The number of aromatic carboxylic acids is 1. The zero-order chi connectivity index (χ0) is 11.3. The van der Waals surface area contributed by atoms with Gasteiger partial charge in [-0.05, 0) is 40.0 Å². The lowest BCUT2D eigenvalue weighted by atomic mass is 10.1. The van der Waals surface area contributed by atoms with Crippen LogP contribution in [0.5, 0.6) is 0 Å². The predicted molar refractivity (Wildman–Crippen MR) is 65.5 cm³/mol. The zero-order valence-electron chi connectivity index (χ0n) is 7.91. The Morgan fingerprint density at radius 3 is 2.87 bits per heavy atom. The van der Waals surface area contributed by atoms with Gasteiger partial charge in [-0.1, -0.05) is 18.2 Å². The van der Waals surface area contributed by atoms with E-state index >= 15 is 0 Å². The van der Waals surface area contributed by atoms with Gasteiger partial charge in [0.1, 0.15) is 0 Å². The molecule has 1 rings (SSSR count). The summed E-state index contributed by atoms with van der Waals surface area (Å²) in [6.07, 6.45) is 4.56. The Morgan fingerprint density at radius 2 is 2.27 bits per heavy atom. The van der Waals surface area contributed by atoms with Gasteiger partial charge in [0.15, 0.2) is 0 Å². The Bertz CT molecular complexity index is 388. The van der Waals surface area contributed by atoms with Crippen molar-refractivity contribution in [2.24, 2.45) is 0 Å². The van der Waals surface area contributed by atoms with E-state index in [1.807, 2.05) is 18.2 Å². The highest BCUT2D eigenvalue weighted by atomic mass is 79.9. The molecule has 1 aromatic rings. The van der Waals surface area contributed by atoms with Crippen LogP contribution in [0.25, 0.3) is 6.08 Å². The minimum Gasteiger partial charge on any atom is -0.478 e. The Hall–Kier alpha value is -0.800. The Labute approximate surface area is 102 Å². The number of carboxylic acid groups (broad SMARTS) is 1. The molecule has 0 aromatic heterocycles. The number of carboxylic acids is 1. The number of halogens is 2. The van der Waals surface area contributed by atoms with Crippen LogP contribution in [0, 0.1) is 0 Å². The Morgan fingerprint density at radius 1 is 1.53 bits per heavy atom. The highest BCUT2D eigenvalue weighted by Gasteiger charge is 2.07. The standard InChI is InChI=1S/C11H10BrClO2/c12-10-5-4-8(3-1-2-6-13)7-9(10)11(14)15/h1,3-5,7H,2,6H2,(H,14,15). The van der Waals surface area contributed by atoms with Crippen molar-refractivity contribution in [2.45, 2.75) is 6.42 Å². The van der Waals surface area contributed by atoms with E-state index < -0.39 is 5.97 Å². The van der Waals surface area contributed by atoms with Crippen molar-refractivity contribution >= 4 is 39.6 Å². The van der Waals surface area contributed by atoms with Gasteiger partial charge in [-0.3, -0.25) is 0 Å². The average molecular weight is 290 g/mol. The molecule has 0 spiro atoms. The minimum atomic E-state index is -0.936. The molecule has 0 aliphatic heterocycles. The summed E-state index contributed by atoms with van der Waals surface area (Å²) in [5.41, 5.74) is 1.13. The molecule has 2 nitrogen and oxygen atoms in total. The van der Waals surface area contributed by atoms with E-state index in [2.05, 4.69) is 15.9 Å². The summed E-state index contributed by atoms with van der Waals surface area (Å²) in [4.78, 5) is 10.8. The molecule has 0 bridgehead atoms. The summed E-state index contributed by atoms with van der Waals surface area (Å²) < 4.78 is 0.587. The first-order valence-corrected chi connectivity index (χ1v) is 5.73. The molecule has 0 radical (unpaired) electrons. The molecule has 0 heterocycles. The van der Waals surface area contributed by atoms with Crippen LogP contribution in [-0.2, 0) is 0 Å². The normalized spacial score (nSPS) is 10.8. The van der Waals surface area contributed by atoms with Gasteiger partial charge in [0.2, 0.25) is 0 Å². The van der Waals surface area contributed by atoms with E-state index in [0.29, 0.717) is 10.4 Å². The summed E-state index contributed by atoms with van der Waals surface area (Å²) in [7, 11) is 0. The first-order chi connectivity index (χ1) is 7.15. The molecule has 1 N–H and O–H groups in total. The molecule has 15 heavy (non-hydrogen) atoms. The van der Waals surface area contributed by atoms with Crippen LogP contribution in [0.1, 0.15) is 22.3 Å². The maximum atomic E-state index is 10.8. The maximum absolute atomic E-state index is 10.8. The second-order valence-electron chi connectivity index (χ2n) is 2.92. The first kappa shape index (κ1) is 12.3. The molecule has 0 saturated heterocycles. The molecule has 80 valence electrons. The van der Waals surface area contributed by atoms with Crippen LogP contribution < -0.4 is 0 Å². The minimum absolute atomic E-state index is 0.267. The molecule has 4 heteroatoms. The maximum Gasteiger partial charge on any atom is 0.336 e. The fraction of sp³-hybridized carbons (Fsp3) is 0.182. The lowest BCUT2D eigenvalue weighted by Gasteiger charge is -2.00. The fourth-order valence-corrected chi connectivity index (χ4v) is 1.64. The van der Waals surface area contributed by atoms with Gasteiger partial charge in [0.25, 0.3) is 0 Å². The largest absolute Gasteiger partial charge is 0.478 e. The van der Waals surface area contributed by atoms with Crippen molar-refractivity contribution in [3.8, 4) is 0 Å². The van der Waals surface area contributed by atoms with E-state index in [4.69, 9.17) is 16.7 Å². The highest BCUT2D eigenvalue weighted by Crippen LogP contribution is 2.19. The highest BCUT2D eigenvalue weighted by molar-refractivity contribution is 9.10. The van der Waals surface area contributed by atoms with E-state index in [1.165, 1.54) is 0 Å². The summed E-state index contributed by atoms with van der Waals surface area (Å²) in [6.45, 7) is 0. The van der Waals surface area contributed by atoms with Crippen LogP contribution in [0.2, 0.25) is 0 Å². The van der Waals surface area contributed by atoms with Gasteiger partial charge in [-0.25, -0.2) is 4.79 Å². The number of rotatable bonds is 4. The number of benzene rings is 1. The topological polar surface area (TPSA) is 37.3 Å². The predicted octanol–water partition coefficient (Wildman–Crippen LogP) is 3.79. The van der Waals surface area contributed by atoms with Crippen molar-refractivity contribution < 1.29 is 9.90 Å². The van der Waals surface area contributed by atoms with E-state index in [9.17, 15) is 4.79 Å². The third-order valence-corrected chi connectivity index (χ3v) is 2.72. The first-order valence-electron chi connectivity index (χ1n) is 4.40. The number of allylic oxidation sites excluding steroid dienone is 1. The summed E-state index contributed by atoms with van der Waals surface area (Å²) in [5.74, 6) is -0.367. The number of carbonyl (C=O) groups is 1. The molecular formula is C11H10BrClO2. The molecule has 0 unspecified atom stereocenters. The number of hydrogen-bond acceptors (Lipinski definition) is 1. The summed E-state index contributed by atoms with van der Waals surface area (Å²) >= 11 is 8.71. The molecule has 0 aliphatic rings. The molecule has 0 aliphatic carbocycles. The molecule has 0 saturated carbocycles. The molecule has 0 fully saturated rings. The quantitative estimate of drug-likeness (QED) is 0.856. The third kappa shape index (κ3) is 3.68. The molecule has 0 atom stereocenters. The fourth-order valence-electron chi connectivity index (χ4n) is 1.09. The second-order valence-corrected chi connectivity index (χ2v) is 4.16. The average Bonchev–Trinajstić information content (AvgIpc) is 2.20. The summed E-state index contributed by atoms with van der Waals surface area (Å²) in [5, 5.41) is 8.89. The van der Waals surface area contributed by atoms with Crippen molar-refractivity contribution in [3.63, 3.8) is 0 Å². The van der Waals surface area contributed by atoms with Crippen molar-refractivity contribution in [1.29, 1.82) is 0 Å². The van der Waals surface area contributed by atoms with Crippen LogP contribution in [0.4, 0.5) is 0 Å². The third-order valence-electron chi connectivity index (χ3n) is 1.81. The summed E-state index contributed by atoms with van der Waals surface area (Å²) in [6, 6.07) is 5.20. The van der Waals surface area contributed by atoms with Gasteiger partial charge < -0.3 is 5.11 Å². The molecular weight excluding hydrogens is 279 g/mol. The second kappa shape index (κ2) is 5.93. The van der Waals surface area contributed by atoms with Crippen LogP contribution in [0.15, 0.2) is 28.7 Å². The van der Waals surface area contributed by atoms with Gasteiger partial charge in [0, 0.05) is 10.4 Å². The monoisotopic (exact) mass is 288 g/mol. The van der Waals surface area contributed by atoms with E-state index in [-0.39, 0.29) is 5.56 Å². The van der Waals surface area contributed by atoms with E-state index in [1.54, 1.807) is 12.1 Å². The zero-order valence-corrected chi connectivity index (χ0v) is 10.3. The number of hydrogen-bond donors (Lipinski definition) is 1. The van der Waals surface area contributed by atoms with E-state index in [0.717, 1.165) is 12.0 Å². The van der Waals surface area contributed by atoms with Gasteiger partial charge in [-0.15, -0.1) is 11.6 Å². The van der Waals surface area contributed by atoms with Crippen LogP contribution in [-0.4, -0.2) is 17.0 Å². The van der Waals surface area contributed by atoms with Crippen molar-refractivity contribution in [2.75, 3.05) is 5.88 Å². The van der Waals surface area contributed by atoms with Gasteiger partial charge in [0.05, 0.1) is 5.56 Å². The lowest BCUT2D eigenvalue weighted by molar-refractivity contribution is 0.0696. The van der Waals surface area contributed by atoms with Gasteiger partial charge in [-0.2, -0.15) is 0 Å². The molecule has 0 amide bonds. The number of alkyl halides is 1. The Kier molecular flexibility index (Phi) is 4.85. The smallest absolute Gasteiger partial charge is 0.336 e. The van der Waals surface area contributed by atoms with Crippen LogP contribution >= 0.6 is 27.5 Å². The lowest BCUT2D eigenvalue weighted by Crippen LogP contribution is -1.97. The van der Waals surface area contributed by atoms with Crippen molar-refractivity contribution in [1.82, 2.24) is 0 Å².